The summed E-state index contributed by atoms with van der Waals surface area (Å²) in [5.74, 6) is -0.420. The van der Waals surface area contributed by atoms with Crippen LogP contribution >= 0.6 is 11.6 Å². The van der Waals surface area contributed by atoms with E-state index in [2.05, 4.69) is 9.97 Å². The summed E-state index contributed by atoms with van der Waals surface area (Å²) in [5.41, 5.74) is 0.450. The summed E-state index contributed by atoms with van der Waals surface area (Å²) in [6, 6.07) is 5.18. The first kappa shape index (κ1) is 9.86. The van der Waals surface area contributed by atoms with Crippen molar-refractivity contribution in [3.8, 4) is 11.3 Å². The second kappa shape index (κ2) is 3.82. The molecule has 1 aromatic carbocycles. The summed E-state index contributed by atoms with van der Waals surface area (Å²) in [4.78, 5) is 17.3. The summed E-state index contributed by atoms with van der Waals surface area (Å²) in [5, 5.41) is 0.356. The predicted molar refractivity (Wildman–Crippen MR) is 55.3 cm³/mol. The molecule has 0 amide bonds. The van der Waals surface area contributed by atoms with Crippen LogP contribution in [0.1, 0.15) is 0 Å². The van der Waals surface area contributed by atoms with E-state index >= 15 is 0 Å². The fraction of sp³-hybridized carbons (Fsp3) is 0. The van der Waals surface area contributed by atoms with Crippen molar-refractivity contribution in [2.75, 3.05) is 0 Å². The van der Waals surface area contributed by atoms with Gasteiger partial charge in [0.2, 0.25) is 0 Å². The number of aromatic amines is 1. The Morgan fingerprint density at radius 2 is 2.13 bits per heavy atom. The molecule has 15 heavy (non-hydrogen) atoms. The van der Waals surface area contributed by atoms with Gasteiger partial charge in [0, 0.05) is 11.6 Å². The lowest BCUT2D eigenvalue weighted by atomic mass is 10.1. The Kier molecular flexibility index (Phi) is 2.51. The number of halogens is 2. The molecule has 0 aliphatic carbocycles. The summed E-state index contributed by atoms with van der Waals surface area (Å²) >= 11 is 5.86. The molecule has 5 heteroatoms. The van der Waals surface area contributed by atoms with Crippen molar-refractivity contribution >= 4 is 11.6 Å². The number of aromatic nitrogens is 2. The average molecular weight is 225 g/mol. The Morgan fingerprint density at radius 1 is 1.33 bits per heavy atom. The fourth-order valence-electron chi connectivity index (χ4n) is 1.21. The van der Waals surface area contributed by atoms with Gasteiger partial charge >= 0.3 is 0 Å². The van der Waals surface area contributed by atoms with Crippen LogP contribution in [0, 0.1) is 5.82 Å². The summed E-state index contributed by atoms with van der Waals surface area (Å²) in [6.07, 6.45) is 1.25. The predicted octanol–water partition coefficient (Wildman–Crippen LogP) is 2.23. The standard InChI is InChI=1S/C10H6ClFN2O/c11-8-2-1-6(12)3-7(8)9-4-10(15)14-5-13-9/h1-5H,(H,13,14,15). The fourth-order valence-corrected chi connectivity index (χ4v) is 1.42. The van der Waals surface area contributed by atoms with Crippen LogP contribution < -0.4 is 5.56 Å². The lowest BCUT2D eigenvalue weighted by Crippen LogP contribution is -2.04. The zero-order valence-corrected chi connectivity index (χ0v) is 8.25. The van der Waals surface area contributed by atoms with E-state index in [1.807, 2.05) is 0 Å². The van der Waals surface area contributed by atoms with Gasteiger partial charge in [0.1, 0.15) is 5.82 Å². The van der Waals surface area contributed by atoms with Crippen molar-refractivity contribution in [2.24, 2.45) is 0 Å². The van der Waals surface area contributed by atoms with Crippen LogP contribution in [0.4, 0.5) is 4.39 Å². The van der Waals surface area contributed by atoms with E-state index in [-0.39, 0.29) is 5.56 Å². The number of benzene rings is 1. The van der Waals surface area contributed by atoms with Gasteiger partial charge in [-0.3, -0.25) is 4.79 Å². The molecule has 0 atom stereocenters. The first-order valence-electron chi connectivity index (χ1n) is 4.17. The Bertz CT molecular complexity index is 553. The Morgan fingerprint density at radius 3 is 2.87 bits per heavy atom. The molecule has 2 aromatic rings. The zero-order chi connectivity index (χ0) is 10.8. The molecule has 2 rings (SSSR count). The maximum absolute atomic E-state index is 13.0. The largest absolute Gasteiger partial charge is 0.313 e. The number of nitrogens with zero attached hydrogens (tertiary/aromatic N) is 1. The molecule has 0 spiro atoms. The molecule has 0 radical (unpaired) electrons. The minimum atomic E-state index is -0.420. The van der Waals surface area contributed by atoms with Crippen molar-refractivity contribution in [3.63, 3.8) is 0 Å². The molecule has 76 valence electrons. The van der Waals surface area contributed by atoms with Gasteiger partial charge in [-0.15, -0.1) is 0 Å². The topological polar surface area (TPSA) is 45.8 Å². The summed E-state index contributed by atoms with van der Waals surface area (Å²) < 4.78 is 13.0. The molecule has 1 heterocycles. The highest BCUT2D eigenvalue weighted by Gasteiger charge is 2.06. The normalized spacial score (nSPS) is 10.3. The van der Waals surface area contributed by atoms with Crippen molar-refractivity contribution in [3.05, 3.63) is 51.8 Å². The van der Waals surface area contributed by atoms with E-state index < -0.39 is 5.82 Å². The molecule has 0 saturated carbocycles. The molecule has 0 aliphatic rings. The average Bonchev–Trinajstić information content (AvgIpc) is 2.22. The van der Waals surface area contributed by atoms with E-state index in [0.29, 0.717) is 16.3 Å². The zero-order valence-electron chi connectivity index (χ0n) is 7.50. The van der Waals surface area contributed by atoms with Gasteiger partial charge in [0.25, 0.3) is 5.56 Å². The van der Waals surface area contributed by atoms with Crippen molar-refractivity contribution < 1.29 is 4.39 Å². The van der Waals surface area contributed by atoms with Gasteiger partial charge < -0.3 is 4.98 Å². The van der Waals surface area contributed by atoms with E-state index in [9.17, 15) is 9.18 Å². The minimum Gasteiger partial charge on any atom is -0.313 e. The first-order chi connectivity index (χ1) is 7.16. The summed E-state index contributed by atoms with van der Waals surface area (Å²) in [6.45, 7) is 0. The van der Waals surface area contributed by atoms with Crippen LogP contribution in [-0.4, -0.2) is 9.97 Å². The molecule has 0 unspecified atom stereocenters. The third kappa shape index (κ3) is 2.05. The van der Waals surface area contributed by atoms with E-state index in [1.54, 1.807) is 0 Å². The summed E-state index contributed by atoms with van der Waals surface area (Å²) in [7, 11) is 0. The van der Waals surface area contributed by atoms with Gasteiger partial charge in [0.05, 0.1) is 17.0 Å². The van der Waals surface area contributed by atoms with Gasteiger partial charge in [-0.1, -0.05) is 11.6 Å². The number of hydrogen-bond donors (Lipinski definition) is 1. The maximum atomic E-state index is 13.0. The molecule has 0 fully saturated rings. The first-order valence-corrected chi connectivity index (χ1v) is 4.55. The highest BCUT2D eigenvalue weighted by atomic mass is 35.5. The third-order valence-electron chi connectivity index (χ3n) is 1.88. The second-order valence-corrected chi connectivity index (χ2v) is 3.33. The molecular weight excluding hydrogens is 219 g/mol. The molecule has 0 bridgehead atoms. The van der Waals surface area contributed by atoms with Crippen LogP contribution in [0.25, 0.3) is 11.3 Å². The molecule has 0 saturated heterocycles. The Hall–Kier alpha value is -1.68. The van der Waals surface area contributed by atoms with Gasteiger partial charge in [-0.2, -0.15) is 0 Å². The molecule has 1 aromatic heterocycles. The number of H-pyrrole nitrogens is 1. The van der Waals surface area contributed by atoms with Crippen LogP contribution in [0.3, 0.4) is 0 Å². The van der Waals surface area contributed by atoms with E-state index in [4.69, 9.17) is 11.6 Å². The van der Waals surface area contributed by atoms with Gasteiger partial charge in [-0.25, -0.2) is 9.37 Å². The van der Waals surface area contributed by atoms with E-state index in [1.165, 1.54) is 30.6 Å². The lowest BCUT2D eigenvalue weighted by Gasteiger charge is -2.02. The minimum absolute atomic E-state index is 0.305. The smallest absolute Gasteiger partial charge is 0.251 e. The number of rotatable bonds is 1. The van der Waals surface area contributed by atoms with Gasteiger partial charge in [0.15, 0.2) is 0 Å². The van der Waals surface area contributed by atoms with E-state index in [0.717, 1.165) is 0 Å². The monoisotopic (exact) mass is 224 g/mol. The Balaban J connectivity index is 2.63. The van der Waals surface area contributed by atoms with Crippen molar-refractivity contribution in [2.45, 2.75) is 0 Å². The highest BCUT2D eigenvalue weighted by Crippen LogP contribution is 2.25. The molecule has 3 nitrogen and oxygen atoms in total. The van der Waals surface area contributed by atoms with Gasteiger partial charge in [-0.05, 0) is 18.2 Å². The lowest BCUT2D eigenvalue weighted by molar-refractivity contribution is 0.628. The molecular formula is C10H6ClFN2O. The molecule has 1 N–H and O–H groups in total. The number of hydrogen-bond acceptors (Lipinski definition) is 2. The van der Waals surface area contributed by atoms with Crippen LogP contribution in [0.2, 0.25) is 5.02 Å². The quantitative estimate of drug-likeness (QED) is 0.808. The second-order valence-electron chi connectivity index (χ2n) is 2.92. The number of nitrogens with one attached hydrogen (secondary N) is 1. The Labute approximate surface area is 89.6 Å². The highest BCUT2D eigenvalue weighted by molar-refractivity contribution is 6.33. The van der Waals surface area contributed by atoms with Crippen molar-refractivity contribution in [1.29, 1.82) is 0 Å². The van der Waals surface area contributed by atoms with Crippen LogP contribution in [0.5, 0.6) is 0 Å². The third-order valence-corrected chi connectivity index (χ3v) is 2.21. The maximum Gasteiger partial charge on any atom is 0.251 e. The SMILES string of the molecule is O=c1cc(-c2cc(F)ccc2Cl)nc[nH]1. The van der Waals surface area contributed by atoms with Crippen molar-refractivity contribution in [1.82, 2.24) is 9.97 Å². The van der Waals surface area contributed by atoms with Crippen LogP contribution in [-0.2, 0) is 0 Å². The van der Waals surface area contributed by atoms with Crippen LogP contribution in [0.15, 0.2) is 35.4 Å². The molecule has 0 aliphatic heterocycles.